The molecule has 2 rings (SSSR count). The number of rotatable bonds is 3. The summed E-state index contributed by atoms with van der Waals surface area (Å²) >= 11 is 1.77. The van der Waals surface area contributed by atoms with Crippen LogP contribution >= 0.6 is 11.3 Å². The molecule has 0 bridgehead atoms. The van der Waals surface area contributed by atoms with E-state index in [1.54, 1.807) is 11.3 Å². The predicted molar refractivity (Wildman–Crippen MR) is 65.0 cm³/mol. The topological polar surface area (TPSA) is 38.9 Å². The molecular weight excluding hydrogens is 204 g/mol. The molecule has 78 valence electrons. The maximum Gasteiger partial charge on any atom is 0.0422 e. The number of pyridine rings is 1. The van der Waals surface area contributed by atoms with Gasteiger partial charge in [-0.3, -0.25) is 4.98 Å². The Balaban J connectivity index is 2.37. The van der Waals surface area contributed by atoms with Gasteiger partial charge in [0.05, 0.1) is 0 Å². The first-order chi connectivity index (χ1) is 7.31. The van der Waals surface area contributed by atoms with E-state index >= 15 is 0 Å². The lowest BCUT2D eigenvalue weighted by Gasteiger charge is -2.02. The minimum absolute atomic E-state index is 0.653. The molecule has 0 fully saturated rings. The van der Waals surface area contributed by atoms with Gasteiger partial charge in [-0.1, -0.05) is 0 Å². The summed E-state index contributed by atoms with van der Waals surface area (Å²) in [6, 6.07) is 6.33. The Kier molecular flexibility index (Phi) is 3.14. The highest BCUT2D eigenvalue weighted by Gasteiger charge is 2.04. The highest BCUT2D eigenvalue weighted by atomic mass is 32.1. The second-order valence-electron chi connectivity index (χ2n) is 3.51. The minimum Gasteiger partial charge on any atom is -0.330 e. The summed E-state index contributed by atoms with van der Waals surface area (Å²) in [5.74, 6) is 0. The summed E-state index contributed by atoms with van der Waals surface area (Å²) in [7, 11) is 0. The summed E-state index contributed by atoms with van der Waals surface area (Å²) in [5.41, 5.74) is 9.17. The molecule has 3 heteroatoms. The van der Waals surface area contributed by atoms with Crippen molar-refractivity contribution in [3.8, 4) is 10.4 Å². The molecule has 2 nitrogen and oxygen atoms in total. The number of aromatic nitrogens is 1. The quantitative estimate of drug-likeness (QED) is 0.860. The van der Waals surface area contributed by atoms with Crippen molar-refractivity contribution in [3.05, 3.63) is 41.0 Å². The Hall–Kier alpha value is -1.19. The third-order valence-electron chi connectivity index (χ3n) is 2.34. The molecule has 15 heavy (non-hydrogen) atoms. The number of nitrogens with zero attached hydrogens (tertiary/aromatic N) is 1. The van der Waals surface area contributed by atoms with E-state index < -0.39 is 0 Å². The zero-order valence-electron chi connectivity index (χ0n) is 8.73. The number of aryl methyl sites for hydroxylation is 1. The van der Waals surface area contributed by atoms with Gasteiger partial charge in [0.2, 0.25) is 0 Å². The first-order valence-corrected chi connectivity index (χ1v) is 5.88. The zero-order valence-corrected chi connectivity index (χ0v) is 9.55. The normalized spacial score (nSPS) is 10.5. The monoisotopic (exact) mass is 218 g/mol. The van der Waals surface area contributed by atoms with Gasteiger partial charge in [-0.25, -0.2) is 0 Å². The summed E-state index contributed by atoms with van der Waals surface area (Å²) in [6.45, 7) is 2.79. The van der Waals surface area contributed by atoms with Crippen LogP contribution in [-0.2, 0) is 6.42 Å². The van der Waals surface area contributed by atoms with E-state index in [9.17, 15) is 0 Å². The Labute approximate surface area is 93.8 Å². The highest BCUT2D eigenvalue weighted by Crippen LogP contribution is 2.28. The molecule has 0 amide bonds. The van der Waals surface area contributed by atoms with Crippen LogP contribution in [0.4, 0.5) is 0 Å². The molecule has 0 saturated carbocycles. The van der Waals surface area contributed by atoms with Crippen LogP contribution in [0.15, 0.2) is 29.8 Å². The first kappa shape index (κ1) is 10.3. The Morgan fingerprint density at radius 1 is 1.40 bits per heavy atom. The number of hydrogen-bond donors (Lipinski definition) is 1. The molecule has 0 aromatic carbocycles. The lowest BCUT2D eigenvalue weighted by Crippen LogP contribution is -2.04. The number of thiophene rings is 1. The second-order valence-corrected chi connectivity index (χ2v) is 4.42. The molecule has 2 heterocycles. The molecule has 0 aliphatic rings. The van der Waals surface area contributed by atoms with Gasteiger partial charge in [-0.2, -0.15) is 0 Å². The molecular formula is C12H14N2S. The number of nitrogens with two attached hydrogens (primary N) is 1. The Morgan fingerprint density at radius 2 is 2.27 bits per heavy atom. The molecule has 0 spiro atoms. The lowest BCUT2D eigenvalue weighted by molar-refractivity contribution is 0.924. The van der Waals surface area contributed by atoms with Crippen molar-refractivity contribution in [2.24, 2.45) is 5.73 Å². The van der Waals surface area contributed by atoms with Crippen LogP contribution in [0.2, 0.25) is 0 Å². The van der Waals surface area contributed by atoms with E-state index in [1.165, 1.54) is 16.0 Å². The van der Waals surface area contributed by atoms with E-state index in [1.807, 2.05) is 6.20 Å². The molecule has 2 aromatic heterocycles. The van der Waals surface area contributed by atoms with Crippen LogP contribution in [0.5, 0.6) is 0 Å². The number of hydrogen-bond acceptors (Lipinski definition) is 3. The fraction of sp³-hybridized carbons (Fsp3) is 0.250. The van der Waals surface area contributed by atoms with Gasteiger partial charge in [0, 0.05) is 23.2 Å². The standard InChI is InChI=1S/C12H14N2S/c1-9-4-7-15-12(9)10-3-6-14-11(8-10)2-5-13/h3-4,6-8H,2,5,13H2,1H3. The van der Waals surface area contributed by atoms with E-state index in [0.29, 0.717) is 6.54 Å². The van der Waals surface area contributed by atoms with Gasteiger partial charge in [0.25, 0.3) is 0 Å². The fourth-order valence-electron chi connectivity index (χ4n) is 1.57. The van der Waals surface area contributed by atoms with Gasteiger partial charge in [0.15, 0.2) is 0 Å². The Morgan fingerprint density at radius 3 is 2.93 bits per heavy atom. The smallest absolute Gasteiger partial charge is 0.0422 e. The van der Waals surface area contributed by atoms with Crippen molar-refractivity contribution in [2.45, 2.75) is 13.3 Å². The van der Waals surface area contributed by atoms with Gasteiger partial charge in [0.1, 0.15) is 0 Å². The van der Waals surface area contributed by atoms with Crippen LogP contribution in [0.1, 0.15) is 11.3 Å². The van der Waals surface area contributed by atoms with Gasteiger partial charge < -0.3 is 5.73 Å². The van der Waals surface area contributed by atoms with Gasteiger partial charge in [-0.05, 0) is 48.2 Å². The largest absolute Gasteiger partial charge is 0.330 e. The summed E-state index contributed by atoms with van der Waals surface area (Å²) < 4.78 is 0. The maximum atomic E-state index is 5.52. The third-order valence-corrected chi connectivity index (χ3v) is 3.41. The highest BCUT2D eigenvalue weighted by molar-refractivity contribution is 7.13. The summed E-state index contributed by atoms with van der Waals surface area (Å²) in [5, 5.41) is 2.12. The average molecular weight is 218 g/mol. The van der Waals surface area contributed by atoms with Crippen molar-refractivity contribution in [1.82, 2.24) is 4.98 Å². The van der Waals surface area contributed by atoms with Crippen LogP contribution < -0.4 is 5.73 Å². The minimum atomic E-state index is 0.653. The molecule has 0 atom stereocenters. The van der Waals surface area contributed by atoms with Crippen molar-refractivity contribution >= 4 is 11.3 Å². The second kappa shape index (κ2) is 4.55. The van der Waals surface area contributed by atoms with E-state index in [-0.39, 0.29) is 0 Å². The van der Waals surface area contributed by atoms with E-state index in [4.69, 9.17) is 5.73 Å². The third kappa shape index (κ3) is 2.25. The van der Waals surface area contributed by atoms with Crippen LogP contribution in [0.3, 0.4) is 0 Å². The average Bonchev–Trinajstić information content (AvgIpc) is 2.65. The van der Waals surface area contributed by atoms with Crippen LogP contribution in [-0.4, -0.2) is 11.5 Å². The van der Waals surface area contributed by atoms with Crippen molar-refractivity contribution < 1.29 is 0 Å². The first-order valence-electron chi connectivity index (χ1n) is 5.00. The fourth-order valence-corrected chi connectivity index (χ4v) is 2.50. The molecule has 0 unspecified atom stereocenters. The van der Waals surface area contributed by atoms with Crippen LogP contribution in [0.25, 0.3) is 10.4 Å². The lowest BCUT2D eigenvalue weighted by atomic mass is 10.1. The molecule has 0 radical (unpaired) electrons. The van der Waals surface area contributed by atoms with Gasteiger partial charge in [-0.15, -0.1) is 11.3 Å². The Bertz CT molecular complexity index is 448. The molecule has 0 aliphatic heterocycles. The van der Waals surface area contributed by atoms with Gasteiger partial charge >= 0.3 is 0 Å². The maximum absolute atomic E-state index is 5.52. The predicted octanol–water partition coefficient (Wildman–Crippen LogP) is 2.62. The summed E-state index contributed by atoms with van der Waals surface area (Å²) in [6.07, 6.45) is 2.71. The van der Waals surface area contributed by atoms with Crippen molar-refractivity contribution in [1.29, 1.82) is 0 Å². The van der Waals surface area contributed by atoms with E-state index in [0.717, 1.165) is 12.1 Å². The molecule has 0 saturated heterocycles. The zero-order chi connectivity index (χ0) is 10.7. The molecule has 0 aliphatic carbocycles. The SMILES string of the molecule is Cc1ccsc1-c1ccnc(CCN)c1. The van der Waals surface area contributed by atoms with Crippen LogP contribution in [0, 0.1) is 6.92 Å². The molecule has 2 N–H and O–H groups in total. The van der Waals surface area contributed by atoms with E-state index in [2.05, 4.69) is 35.5 Å². The summed E-state index contributed by atoms with van der Waals surface area (Å²) in [4.78, 5) is 5.62. The van der Waals surface area contributed by atoms with Crippen molar-refractivity contribution in [2.75, 3.05) is 6.54 Å². The van der Waals surface area contributed by atoms with Crippen molar-refractivity contribution in [3.63, 3.8) is 0 Å². The molecule has 2 aromatic rings.